The normalized spacial score (nSPS) is 11.1. The lowest BCUT2D eigenvalue weighted by molar-refractivity contribution is -0.111. The van der Waals surface area contributed by atoms with Crippen LogP contribution in [0.4, 0.5) is 5.69 Å². The van der Waals surface area contributed by atoms with Crippen LogP contribution in [0.5, 0.6) is 11.5 Å². The summed E-state index contributed by atoms with van der Waals surface area (Å²) >= 11 is 0. The second kappa shape index (κ2) is 10.7. The Morgan fingerprint density at radius 1 is 0.941 bits per heavy atom. The largest absolute Gasteiger partial charge is 0.493 e. The summed E-state index contributed by atoms with van der Waals surface area (Å²) in [4.78, 5) is 24.4. The van der Waals surface area contributed by atoms with Gasteiger partial charge in [0, 0.05) is 13.1 Å². The van der Waals surface area contributed by atoms with Gasteiger partial charge in [-0.05, 0) is 55.0 Å². The minimum absolute atomic E-state index is 0.0178. The molecule has 0 aliphatic rings. The minimum Gasteiger partial charge on any atom is -0.493 e. The van der Waals surface area contributed by atoms with Gasteiger partial charge in [0.25, 0.3) is 5.91 Å². The van der Waals surface area contributed by atoms with Gasteiger partial charge in [-0.2, -0.15) is 8.42 Å². The maximum atomic E-state index is 12.6. The standard InChI is InChI=1S/C25H24N2O6S/c1-17-8-12-19(13-9-17)34(30,31)33-22-14-10-18(16-23(22)32-3)11-15-24(28)27-21-7-5-4-6-20(21)25(29)26-2/h4-16H,1-3H3,(H,26,29)(H,27,28)/b15-11+. The van der Waals surface area contributed by atoms with E-state index in [1.807, 2.05) is 6.92 Å². The van der Waals surface area contributed by atoms with E-state index in [4.69, 9.17) is 8.92 Å². The van der Waals surface area contributed by atoms with Crippen molar-refractivity contribution in [2.75, 3.05) is 19.5 Å². The molecule has 176 valence electrons. The number of ether oxygens (including phenoxy) is 1. The summed E-state index contributed by atoms with van der Waals surface area (Å²) in [6.07, 6.45) is 2.82. The molecule has 3 aromatic carbocycles. The summed E-state index contributed by atoms with van der Waals surface area (Å²) in [5, 5.41) is 5.19. The molecule has 0 unspecified atom stereocenters. The molecule has 0 aromatic heterocycles. The van der Waals surface area contributed by atoms with Crippen LogP contribution in [0.1, 0.15) is 21.5 Å². The van der Waals surface area contributed by atoms with Crippen LogP contribution in [0, 0.1) is 6.92 Å². The average molecular weight is 481 g/mol. The molecule has 3 rings (SSSR count). The lowest BCUT2D eigenvalue weighted by Crippen LogP contribution is -2.20. The van der Waals surface area contributed by atoms with E-state index in [0.717, 1.165) is 5.56 Å². The van der Waals surface area contributed by atoms with Crippen LogP contribution in [0.15, 0.2) is 77.7 Å². The number of benzene rings is 3. The van der Waals surface area contributed by atoms with E-state index in [-0.39, 0.29) is 22.3 Å². The summed E-state index contributed by atoms with van der Waals surface area (Å²) in [6, 6.07) is 17.5. The highest BCUT2D eigenvalue weighted by Gasteiger charge is 2.19. The molecule has 0 atom stereocenters. The lowest BCUT2D eigenvalue weighted by atomic mass is 10.1. The van der Waals surface area contributed by atoms with Crippen molar-refractivity contribution >= 4 is 33.7 Å². The van der Waals surface area contributed by atoms with E-state index in [9.17, 15) is 18.0 Å². The van der Waals surface area contributed by atoms with Gasteiger partial charge >= 0.3 is 10.1 Å². The van der Waals surface area contributed by atoms with E-state index in [0.29, 0.717) is 16.8 Å². The van der Waals surface area contributed by atoms with Crippen molar-refractivity contribution in [3.63, 3.8) is 0 Å². The van der Waals surface area contributed by atoms with Crippen molar-refractivity contribution in [2.45, 2.75) is 11.8 Å². The third kappa shape index (κ3) is 6.02. The number of amides is 2. The summed E-state index contributed by atoms with van der Waals surface area (Å²) in [5.41, 5.74) is 2.21. The number of carbonyl (C=O) groups excluding carboxylic acids is 2. The average Bonchev–Trinajstić information content (AvgIpc) is 2.83. The number of hydrogen-bond acceptors (Lipinski definition) is 6. The third-order valence-electron chi connectivity index (χ3n) is 4.78. The zero-order valence-corrected chi connectivity index (χ0v) is 19.7. The third-order valence-corrected chi connectivity index (χ3v) is 6.03. The van der Waals surface area contributed by atoms with Crippen LogP contribution >= 0.6 is 0 Å². The smallest absolute Gasteiger partial charge is 0.339 e. The second-order valence-corrected chi connectivity index (χ2v) is 8.75. The van der Waals surface area contributed by atoms with Crippen molar-refractivity contribution in [1.29, 1.82) is 0 Å². The quantitative estimate of drug-likeness (QED) is 0.375. The molecule has 2 N–H and O–H groups in total. The van der Waals surface area contributed by atoms with Crippen molar-refractivity contribution in [3.05, 3.63) is 89.5 Å². The maximum absolute atomic E-state index is 12.6. The van der Waals surface area contributed by atoms with Gasteiger partial charge in [-0.3, -0.25) is 9.59 Å². The molecule has 8 nitrogen and oxygen atoms in total. The van der Waals surface area contributed by atoms with Crippen LogP contribution in [0.25, 0.3) is 6.08 Å². The first kappa shape index (κ1) is 24.5. The van der Waals surface area contributed by atoms with Crippen LogP contribution in [0.2, 0.25) is 0 Å². The Bertz CT molecular complexity index is 1330. The van der Waals surface area contributed by atoms with Gasteiger partial charge in [-0.1, -0.05) is 35.9 Å². The molecule has 0 radical (unpaired) electrons. The van der Waals surface area contributed by atoms with Gasteiger partial charge < -0.3 is 19.6 Å². The van der Waals surface area contributed by atoms with Crippen LogP contribution in [-0.2, 0) is 14.9 Å². The predicted octanol–water partition coefficient (Wildman–Crippen LogP) is 3.78. The number of carbonyl (C=O) groups is 2. The highest BCUT2D eigenvalue weighted by Crippen LogP contribution is 2.31. The first-order chi connectivity index (χ1) is 16.2. The number of anilines is 1. The number of hydrogen-bond donors (Lipinski definition) is 2. The Morgan fingerprint density at radius 2 is 1.65 bits per heavy atom. The SMILES string of the molecule is CNC(=O)c1ccccc1NC(=O)/C=C/c1ccc(OS(=O)(=O)c2ccc(C)cc2)c(OC)c1. The molecule has 0 fully saturated rings. The molecule has 9 heteroatoms. The number of para-hydroxylation sites is 1. The molecule has 0 aliphatic heterocycles. The van der Waals surface area contributed by atoms with Gasteiger partial charge in [0.15, 0.2) is 11.5 Å². The fraction of sp³-hybridized carbons (Fsp3) is 0.120. The van der Waals surface area contributed by atoms with Gasteiger partial charge in [-0.25, -0.2) is 0 Å². The van der Waals surface area contributed by atoms with Crippen molar-refractivity contribution < 1.29 is 26.9 Å². The molecular formula is C25H24N2O6S. The molecule has 0 heterocycles. The fourth-order valence-electron chi connectivity index (χ4n) is 3.00. The minimum atomic E-state index is -4.04. The van der Waals surface area contributed by atoms with Crippen LogP contribution in [0.3, 0.4) is 0 Å². The Kier molecular flexibility index (Phi) is 7.70. The molecular weight excluding hydrogens is 456 g/mol. The molecule has 2 amide bonds. The number of nitrogens with one attached hydrogen (secondary N) is 2. The van der Waals surface area contributed by atoms with Gasteiger partial charge in [0.1, 0.15) is 4.90 Å². The molecule has 0 aliphatic carbocycles. The molecule has 0 bridgehead atoms. The van der Waals surface area contributed by atoms with Gasteiger partial charge in [-0.15, -0.1) is 0 Å². The first-order valence-corrected chi connectivity index (χ1v) is 11.6. The Balaban J connectivity index is 1.75. The van der Waals surface area contributed by atoms with E-state index in [1.165, 1.54) is 44.5 Å². The topological polar surface area (TPSA) is 111 Å². The molecule has 34 heavy (non-hydrogen) atoms. The Morgan fingerprint density at radius 3 is 2.32 bits per heavy atom. The van der Waals surface area contributed by atoms with E-state index >= 15 is 0 Å². The van der Waals surface area contributed by atoms with E-state index in [2.05, 4.69) is 10.6 Å². The first-order valence-electron chi connectivity index (χ1n) is 10.2. The predicted molar refractivity (Wildman–Crippen MR) is 129 cm³/mol. The van der Waals surface area contributed by atoms with E-state index in [1.54, 1.807) is 48.5 Å². The fourth-order valence-corrected chi connectivity index (χ4v) is 3.94. The number of rotatable bonds is 8. The summed E-state index contributed by atoms with van der Waals surface area (Å²) in [5.74, 6) is -0.564. The summed E-state index contributed by atoms with van der Waals surface area (Å²) in [7, 11) is -1.15. The molecule has 3 aromatic rings. The van der Waals surface area contributed by atoms with Crippen molar-refractivity contribution in [3.8, 4) is 11.5 Å². The second-order valence-electron chi connectivity index (χ2n) is 7.21. The highest BCUT2D eigenvalue weighted by atomic mass is 32.2. The van der Waals surface area contributed by atoms with Crippen LogP contribution < -0.4 is 19.6 Å². The van der Waals surface area contributed by atoms with Crippen molar-refractivity contribution in [1.82, 2.24) is 5.32 Å². The zero-order valence-electron chi connectivity index (χ0n) is 18.9. The zero-order chi connectivity index (χ0) is 24.7. The maximum Gasteiger partial charge on any atom is 0.339 e. The highest BCUT2D eigenvalue weighted by molar-refractivity contribution is 7.87. The molecule has 0 saturated heterocycles. The summed E-state index contributed by atoms with van der Waals surface area (Å²) < 4.78 is 35.7. The Labute approximate surface area is 198 Å². The lowest BCUT2D eigenvalue weighted by Gasteiger charge is -2.11. The van der Waals surface area contributed by atoms with E-state index < -0.39 is 16.0 Å². The van der Waals surface area contributed by atoms with Gasteiger partial charge in [0.05, 0.1) is 18.4 Å². The monoisotopic (exact) mass is 480 g/mol. The molecule has 0 spiro atoms. The van der Waals surface area contributed by atoms with Crippen LogP contribution in [-0.4, -0.2) is 34.4 Å². The molecule has 0 saturated carbocycles. The summed E-state index contributed by atoms with van der Waals surface area (Å²) in [6.45, 7) is 1.85. The number of aryl methyl sites for hydroxylation is 1. The Hall–Kier alpha value is -4.11. The van der Waals surface area contributed by atoms with Crippen molar-refractivity contribution in [2.24, 2.45) is 0 Å². The van der Waals surface area contributed by atoms with Gasteiger partial charge in [0.2, 0.25) is 5.91 Å². The number of methoxy groups -OCH3 is 1.